The average molecular weight is 246 g/mol. The molecule has 2 aromatic heterocycles. The van der Waals surface area contributed by atoms with Gasteiger partial charge >= 0.3 is 0 Å². The molecule has 90 valence electrons. The molecule has 0 radical (unpaired) electrons. The summed E-state index contributed by atoms with van der Waals surface area (Å²) in [4.78, 5) is 4.63. The predicted molar refractivity (Wildman–Crippen MR) is 74.2 cm³/mol. The fourth-order valence-corrected chi connectivity index (χ4v) is 2.21. The van der Waals surface area contributed by atoms with Crippen LogP contribution < -0.4 is 0 Å². The average Bonchev–Trinajstić information content (AvgIpc) is 2.91. The monoisotopic (exact) mass is 246 g/mol. The molecule has 0 spiro atoms. The molecule has 19 heavy (non-hydrogen) atoms. The van der Waals surface area contributed by atoms with Gasteiger partial charge in [-0.15, -0.1) is 5.10 Å². The van der Waals surface area contributed by atoms with Crippen LogP contribution in [0.5, 0.6) is 0 Å². The molecule has 0 amide bonds. The molecule has 0 unspecified atom stereocenters. The first kappa shape index (κ1) is 10.2. The second kappa shape index (κ2) is 3.88. The van der Waals surface area contributed by atoms with Crippen molar-refractivity contribution >= 4 is 21.9 Å². The van der Waals surface area contributed by atoms with Gasteiger partial charge in [-0.05, 0) is 30.3 Å². The Balaban J connectivity index is 1.99. The molecule has 4 nitrogen and oxygen atoms in total. The molecule has 0 saturated heterocycles. The zero-order valence-electron chi connectivity index (χ0n) is 10.1. The lowest BCUT2D eigenvalue weighted by molar-refractivity contribution is 0.805. The van der Waals surface area contributed by atoms with Crippen molar-refractivity contribution in [3.63, 3.8) is 0 Å². The van der Waals surface area contributed by atoms with E-state index in [-0.39, 0.29) is 0 Å². The Morgan fingerprint density at radius 3 is 2.47 bits per heavy atom. The van der Waals surface area contributed by atoms with Gasteiger partial charge in [-0.25, -0.2) is 4.98 Å². The summed E-state index contributed by atoms with van der Waals surface area (Å²) >= 11 is 0. The summed E-state index contributed by atoms with van der Waals surface area (Å²) in [6.45, 7) is 0. The van der Waals surface area contributed by atoms with E-state index in [1.165, 1.54) is 0 Å². The molecule has 0 aliphatic carbocycles. The highest BCUT2D eigenvalue weighted by Crippen LogP contribution is 2.17. The molecule has 0 saturated carbocycles. The summed E-state index contributed by atoms with van der Waals surface area (Å²) in [6, 6.07) is 19.9. The van der Waals surface area contributed by atoms with Crippen LogP contribution in [-0.2, 0) is 0 Å². The van der Waals surface area contributed by atoms with E-state index in [0.29, 0.717) is 0 Å². The summed E-state index contributed by atoms with van der Waals surface area (Å²) in [5, 5.41) is 9.45. The van der Waals surface area contributed by atoms with Crippen LogP contribution in [-0.4, -0.2) is 20.0 Å². The summed E-state index contributed by atoms with van der Waals surface area (Å²) in [5.74, 6) is 0.785. The summed E-state index contributed by atoms with van der Waals surface area (Å²) in [7, 11) is 0. The highest BCUT2D eigenvalue weighted by molar-refractivity contribution is 5.80. The largest absolute Gasteiger partial charge is 0.229 e. The Bertz CT molecular complexity index is 879. The SMILES string of the molecule is c1ccc2nc(-n3nnc4ccccc43)ccc2c1. The Morgan fingerprint density at radius 2 is 1.53 bits per heavy atom. The third kappa shape index (κ3) is 1.57. The van der Waals surface area contributed by atoms with Crippen molar-refractivity contribution in [2.24, 2.45) is 0 Å². The minimum Gasteiger partial charge on any atom is -0.229 e. The summed E-state index contributed by atoms with van der Waals surface area (Å²) < 4.78 is 1.77. The van der Waals surface area contributed by atoms with Crippen LogP contribution in [0.1, 0.15) is 0 Å². The molecule has 0 aliphatic heterocycles. The van der Waals surface area contributed by atoms with E-state index >= 15 is 0 Å². The highest BCUT2D eigenvalue weighted by atomic mass is 15.4. The van der Waals surface area contributed by atoms with Crippen LogP contribution in [0.15, 0.2) is 60.7 Å². The molecule has 0 aliphatic rings. The van der Waals surface area contributed by atoms with Crippen molar-refractivity contribution in [3.05, 3.63) is 60.7 Å². The fourth-order valence-electron chi connectivity index (χ4n) is 2.21. The fraction of sp³-hybridized carbons (Fsp3) is 0. The Labute approximate surface area is 109 Å². The van der Waals surface area contributed by atoms with Gasteiger partial charge in [-0.1, -0.05) is 35.5 Å². The molecule has 0 atom stereocenters. The van der Waals surface area contributed by atoms with Crippen LogP contribution in [0.25, 0.3) is 27.8 Å². The second-order valence-corrected chi connectivity index (χ2v) is 4.35. The lowest BCUT2D eigenvalue weighted by atomic mass is 10.2. The zero-order chi connectivity index (χ0) is 12.7. The van der Waals surface area contributed by atoms with Crippen LogP contribution in [0.2, 0.25) is 0 Å². The van der Waals surface area contributed by atoms with Crippen molar-refractivity contribution < 1.29 is 0 Å². The van der Waals surface area contributed by atoms with Gasteiger partial charge in [0.2, 0.25) is 0 Å². The first-order chi connectivity index (χ1) is 9.42. The van der Waals surface area contributed by atoms with Crippen molar-refractivity contribution in [2.45, 2.75) is 0 Å². The Kier molecular flexibility index (Phi) is 2.08. The standard InChI is InChI=1S/C15H10N4/c1-2-6-12-11(5-1)9-10-15(16-12)19-14-8-4-3-7-13(14)17-18-19/h1-10H. The van der Waals surface area contributed by atoms with Gasteiger partial charge in [0, 0.05) is 5.39 Å². The maximum atomic E-state index is 4.63. The normalized spacial score (nSPS) is 11.2. The molecule has 4 rings (SSSR count). The van der Waals surface area contributed by atoms with Crippen LogP contribution >= 0.6 is 0 Å². The molecule has 0 fully saturated rings. The third-order valence-electron chi connectivity index (χ3n) is 3.15. The van der Waals surface area contributed by atoms with E-state index in [2.05, 4.69) is 15.3 Å². The number of fused-ring (bicyclic) bond motifs is 2. The molecule has 2 heterocycles. The van der Waals surface area contributed by atoms with Gasteiger partial charge < -0.3 is 0 Å². The topological polar surface area (TPSA) is 43.6 Å². The quantitative estimate of drug-likeness (QED) is 0.518. The van der Waals surface area contributed by atoms with Gasteiger partial charge in [-0.2, -0.15) is 4.68 Å². The van der Waals surface area contributed by atoms with Crippen LogP contribution in [0.3, 0.4) is 0 Å². The van der Waals surface area contributed by atoms with E-state index in [1.54, 1.807) is 4.68 Å². The van der Waals surface area contributed by atoms with Gasteiger partial charge in [0.1, 0.15) is 5.52 Å². The molecule has 4 heteroatoms. The first-order valence-electron chi connectivity index (χ1n) is 6.08. The smallest absolute Gasteiger partial charge is 0.156 e. The van der Waals surface area contributed by atoms with Gasteiger partial charge in [-0.3, -0.25) is 0 Å². The van der Waals surface area contributed by atoms with E-state index < -0.39 is 0 Å². The van der Waals surface area contributed by atoms with Crippen molar-refractivity contribution in [1.29, 1.82) is 0 Å². The van der Waals surface area contributed by atoms with Gasteiger partial charge in [0.15, 0.2) is 5.82 Å². The van der Waals surface area contributed by atoms with E-state index in [4.69, 9.17) is 0 Å². The van der Waals surface area contributed by atoms with E-state index in [9.17, 15) is 0 Å². The number of nitrogens with zero attached hydrogens (tertiary/aromatic N) is 4. The molecular formula is C15H10N4. The predicted octanol–water partition coefficient (Wildman–Crippen LogP) is 2.97. The number of hydrogen-bond acceptors (Lipinski definition) is 3. The van der Waals surface area contributed by atoms with Crippen molar-refractivity contribution in [2.75, 3.05) is 0 Å². The van der Waals surface area contributed by atoms with Gasteiger partial charge in [0.25, 0.3) is 0 Å². The summed E-state index contributed by atoms with van der Waals surface area (Å²) in [6.07, 6.45) is 0. The lowest BCUT2D eigenvalue weighted by Gasteiger charge is -2.03. The van der Waals surface area contributed by atoms with E-state index in [1.807, 2.05) is 60.7 Å². The number of pyridine rings is 1. The zero-order valence-corrected chi connectivity index (χ0v) is 10.1. The van der Waals surface area contributed by atoms with Crippen molar-refractivity contribution in [3.8, 4) is 5.82 Å². The molecular weight excluding hydrogens is 236 g/mol. The number of hydrogen-bond donors (Lipinski definition) is 0. The maximum Gasteiger partial charge on any atom is 0.156 e. The van der Waals surface area contributed by atoms with Crippen LogP contribution in [0.4, 0.5) is 0 Å². The first-order valence-corrected chi connectivity index (χ1v) is 6.08. The number of rotatable bonds is 1. The maximum absolute atomic E-state index is 4.63. The summed E-state index contributed by atoms with van der Waals surface area (Å²) in [5.41, 5.74) is 2.79. The molecule has 0 bridgehead atoms. The van der Waals surface area contributed by atoms with Crippen molar-refractivity contribution in [1.82, 2.24) is 20.0 Å². The minimum absolute atomic E-state index is 0.785. The molecule has 4 aromatic rings. The lowest BCUT2D eigenvalue weighted by Crippen LogP contribution is -1.99. The Morgan fingerprint density at radius 1 is 0.737 bits per heavy atom. The third-order valence-corrected chi connectivity index (χ3v) is 3.15. The van der Waals surface area contributed by atoms with Gasteiger partial charge in [0.05, 0.1) is 11.0 Å². The molecule has 0 N–H and O–H groups in total. The second-order valence-electron chi connectivity index (χ2n) is 4.35. The minimum atomic E-state index is 0.785. The highest BCUT2D eigenvalue weighted by Gasteiger charge is 2.07. The number of aromatic nitrogens is 4. The van der Waals surface area contributed by atoms with E-state index in [0.717, 1.165) is 27.8 Å². The number of benzene rings is 2. The number of para-hydroxylation sites is 2. The van der Waals surface area contributed by atoms with Crippen LogP contribution in [0, 0.1) is 0 Å². The molecule has 2 aromatic carbocycles. The Hall–Kier alpha value is -2.75.